The van der Waals surface area contributed by atoms with Crippen molar-refractivity contribution in [3.05, 3.63) is 51.1 Å². The van der Waals surface area contributed by atoms with Crippen LogP contribution in [0.2, 0.25) is 0 Å². The van der Waals surface area contributed by atoms with Gasteiger partial charge in [-0.1, -0.05) is 24.3 Å². The first kappa shape index (κ1) is 15.4. The molecule has 0 spiro atoms. The van der Waals surface area contributed by atoms with Crippen molar-refractivity contribution in [2.75, 3.05) is 0 Å². The van der Waals surface area contributed by atoms with E-state index in [0.29, 0.717) is 12.8 Å². The number of thiazole rings is 1. The number of hydrogen-bond acceptors (Lipinski definition) is 4. The lowest BCUT2D eigenvalue weighted by Gasteiger charge is -2.01. The average Bonchev–Trinajstić information content (AvgIpc) is 3.14. The van der Waals surface area contributed by atoms with Crippen molar-refractivity contribution in [1.29, 1.82) is 0 Å². The molecule has 3 rings (SSSR count). The van der Waals surface area contributed by atoms with Gasteiger partial charge in [0.1, 0.15) is 5.01 Å². The minimum atomic E-state index is -0.269. The highest BCUT2D eigenvalue weighted by atomic mass is 79.9. The average molecular weight is 393 g/mol. The van der Waals surface area contributed by atoms with Crippen molar-refractivity contribution < 1.29 is 4.79 Å². The summed E-state index contributed by atoms with van der Waals surface area (Å²) in [6.45, 7) is 0. The molecule has 2 aromatic heterocycles. The van der Waals surface area contributed by atoms with E-state index in [1.54, 1.807) is 22.7 Å². The molecule has 0 saturated heterocycles. The van der Waals surface area contributed by atoms with Gasteiger partial charge in [0.25, 0.3) is 0 Å². The highest BCUT2D eigenvalue weighted by Crippen LogP contribution is 2.37. The van der Waals surface area contributed by atoms with Crippen LogP contribution in [0.1, 0.15) is 12.0 Å². The van der Waals surface area contributed by atoms with Crippen LogP contribution in [0.15, 0.2) is 45.6 Å². The lowest BCUT2D eigenvalue weighted by Crippen LogP contribution is -2.11. The van der Waals surface area contributed by atoms with E-state index in [0.717, 1.165) is 31.2 Å². The molecule has 112 valence electrons. The van der Waals surface area contributed by atoms with Gasteiger partial charge in [0, 0.05) is 21.8 Å². The summed E-state index contributed by atoms with van der Waals surface area (Å²) >= 11 is 6.87. The first-order valence-electron chi connectivity index (χ1n) is 6.70. The van der Waals surface area contributed by atoms with E-state index in [-0.39, 0.29) is 5.91 Å². The Kier molecular flexibility index (Phi) is 4.71. The summed E-state index contributed by atoms with van der Waals surface area (Å²) in [5.41, 5.74) is 8.34. The number of benzene rings is 1. The molecule has 0 aliphatic carbocycles. The molecule has 2 heterocycles. The minimum Gasteiger partial charge on any atom is -0.370 e. The fraction of sp³-hybridized carbons (Fsp3) is 0.125. The van der Waals surface area contributed by atoms with Crippen molar-refractivity contribution in [2.24, 2.45) is 5.73 Å². The van der Waals surface area contributed by atoms with E-state index in [1.165, 1.54) is 0 Å². The van der Waals surface area contributed by atoms with Gasteiger partial charge >= 0.3 is 0 Å². The highest BCUT2D eigenvalue weighted by Gasteiger charge is 2.10. The Morgan fingerprint density at radius 3 is 2.59 bits per heavy atom. The topological polar surface area (TPSA) is 56.0 Å². The third-order valence-corrected chi connectivity index (χ3v) is 6.06. The van der Waals surface area contributed by atoms with Crippen LogP contribution < -0.4 is 5.73 Å². The summed E-state index contributed by atoms with van der Waals surface area (Å²) in [4.78, 5) is 16.7. The van der Waals surface area contributed by atoms with Crippen LogP contribution >= 0.6 is 38.6 Å². The number of carbonyl (C=O) groups is 1. The summed E-state index contributed by atoms with van der Waals surface area (Å²) in [5, 5.41) is 5.14. The van der Waals surface area contributed by atoms with Crippen LogP contribution in [0, 0.1) is 0 Å². The van der Waals surface area contributed by atoms with Gasteiger partial charge in [-0.05, 0) is 39.4 Å². The summed E-state index contributed by atoms with van der Waals surface area (Å²) in [5.74, 6) is -0.269. The number of nitrogens with two attached hydrogens (primary N) is 1. The summed E-state index contributed by atoms with van der Waals surface area (Å²) < 4.78 is 1.08. The number of nitrogens with zero attached hydrogens (tertiary/aromatic N) is 1. The highest BCUT2D eigenvalue weighted by molar-refractivity contribution is 9.10. The van der Waals surface area contributed by atoms with Gasteiger partial charge in [0.15, 0.2) is 0 Å². The number of hydrogen-bond donors (Lipinski definition) is 1. The van der Waals surface area contributed by atoms with Crippen LogP contribution in [0.5, 0.6) is 0 Å². The molecule has 0 aliphatic heterocycles. The van der Waals surface area contributed by atoms with E-state index < -0.39 is 0 Å². The molecular formula is C16H13BrN2OS2. The Labute approximate surface area is 145 Å². The predicted octanol–water partition coefficient (Wildman–Crippen LogP) is 4.72. The molecule has 0 unspecified atom stereocenters. The van der Waals surface area contributed by atoms with Crippen molar-refractivity contribution in [3.8, 4) is 21.1 Å². The quantitative estimate of drug-likeness (QED) is 0.682. The molecule has 2 N–H and O–H groups in total. The number of carbonyl (C=O) groups excluding carboxylic acids is 1. The van der Waals surface area contributed by atoms with Gasteiger partial charge in [-0.15, -0.1) is 22.7 Å². The molecule has 0 radical (unpaired) electrons. The largest absolute Gasteiger partial charge is 0.370 e. The molecule has 0 bridgehead atoms. The van der Waals surface area contributed by atoms with Gasteiger partial charge in [-0.3, -0.25) is 4.79 Å². The van der Waals surface area contributed by atoms with Crippen LogP contribution in [0.4, 0.5) is 0 Å². The van der Waals surface area contributed by atoms with Gasteiger partial charge in [0.05, 0.1) is 10.6 Å². The van der Waals surface area contributed by atoms with E-state index in [9.17, 15) is 4.79 Å². The van der Waals surface area contributed by atoms with Gasteiger partial charge < -0.3 is 5.73 Å². The summed E-state index contributed by atoms with van der Waals surface area (Å²) in [7, 11) is 0. The summed E-state index contributed by atoms with van der Waals surface area (Å²) in [6.07, 6.45) is 1.06. The van der Waals surface area contributed by atoms with Crippen molar-refractivity contribution in [3.63, 3.8) is 0 Å². The zero-order valence-electron chi connectivity index (χ0n) is 11.6. The van der Waals surface area contributed by atoms with Crippen molar-refractivity contribution >= 4 is 44.5 Å². The molecule has 1 aromatic carbocycles. The molecular weight excluding hydrogens is 380 g/mol. The Morgan fingerprint density at radius 1 is 1.18 bits per heavy atom. The minimum absolute atomic E-state index is 0.269. The number of thiophene rings is 1. The molecule has 0 atom stereocenters. The second-order valence-corrected chi connectivity index (χ2v) is 7.43. The predicted molar refractivity (Wildman–Crippen MR) is 96.1 cm³/mol. The first-order chi connectivity index (χ1) is 10.6. The number of amides is 1. The lowest BCUT2D eigenvalue weighted by molar-refractivity contribution is -0.117. The number of aromatic nitrogens is 1. The first-order valence-corrected chi connectivity index (χ1v) is 9.25. The third kappa shape index (κ3) is 3.45. The summed E-state index contributed by atoms with van der Waals surface area (Å²) in [6, 6.07) is 10.2. The molecule has 6 heteroatoms. The molecule has 3 aromatic rings. The molecule has 0 fully saturated rings. The Hall–Kier alpha value is -1.50. The van der Waals surface area contributed by atoms with E-state index in [1.807, 2.05) is 35.7 Å². The molecule has 0 aliphatic rings. The van der Waals surface area contributed by atoms with Crippen LogP contribution in [0.3, 0.4) is 0 Å². The Balaban J connectivity index is 1.79. The Morgan fingerprint density at radius 2 is 1.95 bits per heavy atom. The molecule has 22 heavy (non-hydrogen) atoms. The zero-order valence-corrected chi connectivity index (χ0v) is 14.8. The fourth-order valence-corrected chi connectivity index (χ4v) is 4.71. The van der Waals surface area contributed by atoms with E-state index >= 15 is 0 Å². The number of primary amides is 1. The SMILES string of the molecule is NC(=O)CCc1ccc(-c2csc(-c3sccc3Br)n2)cc1. The molecule has 0 saturated carbocycles. The normalized spacial score (nSPS) is 10.8. The fourth-order valence-electron chi connectivity index (χ4n) is 2.07. The zero-order chi connectivity index (χ0) is 15.5. The maximum Gasteiger partial charge on any atom is 0.217 e. The van der Waals surface area contributed by atoms with E-state index in [2.05, 4.69) is 21.3 Å². The van der Waals surface area contributed by atoms with Crippen LogP contribution in [0.25, 0.3) is 21.1 Å². The second-order valence-electron chi connectivity index (χ2n) is 4.80. The van der Waals surface area contributed by atoms with Crippen LogP contribution in [-0.4, -0.2) is 10.9 Å². The lowest BCUT2D eigenvalue weighted by atomic mass is 10.1. The number of aryl methyl sites for hydroxylation is 1. The number of rotatable bonds is 5. The van der Waals surface area contributed by atoms with E-state index in [4.69, 9.17) is 10.7 Å². The standard InChI is InChI=1S/C16H13BrN2OS2/c17-12-7-8-21-15(12)16-19-13(9-22-16)11-4-1-10(2-5-11)3-6-14(18)20/h1-2,4-5,7-9H,3,6H2,(H2,18,20). The maximum atomic E-state index is 10.8. The molecule has 3 nitrogen and oxygen atoms in total. The van der Waals surface area contributed by atoms with Crippen molar-refractivity contribution in [2.45, 2.75) is 12.8 Å². The third-order valence-electron chi connectivity index (χ3n) is 3.23. The maximum absolute atomic E-state index is 10.8. The smallest absolute Gasteiger partial charge is 0.217 e. The van der Waals surface area contributed by atoms with Crippen LogP contribution in [-0.2, 0) is 11.2 Å². The second kappa shape index (κ2) is 6.73. The van der Waals surface area contributed by atoms with Gasteiger partial charge in [-0.25, -0.2) is 4.98 Å². The van der Waals surface area contributed by atoms with Gasteiger partial charge in [-0.2, -0.15) is 0 Å². The Bertz CT molecular complexity index is 793. The van der Waals surface area contributed by atoms with Gasteiger partial charge in [0.2, 0.25) is 5.91 Å². The molecule has 1 amide bonds. The van der Waals surface area contributed by atoms with Crippen molar-refractivity contribution in [1.82, 2.24) is 4.98 Å². The number of halogens is 1. The monoisotopic (exact) mass is 392 g/mol.